The van der Waals surface area contributed by atoms with Gasteiger partial charge in [-0.2, -0.15) is 0 Å². The molecule has 1 saturated carbocycles. The zero-order valence-corrected chi connectivity index (χ0v) is 10.0. The first kappa shape index (κ1) is 11.2. The van der Waals surface area contributed by atoms with Crippen molar-refractivity contribution in [3.8, 4) is 0 Å². The summed E-state index contributed by atoms with van der Waals surface area (Å²) >= 11 is 0. The number of aldehydes is 1. The van der Waals surface area contributed by atoms with E-state index in [2.05, 4.69) is 17.5 Å². The number of allylic oxidation sites excluding steroid dienone is 2. The second-order valence-corrected chi connectivity index (χ2v) is 5.08. The van der Waals surface area contributed by atoms with E-state index in [-0.39, 0.29) is 11.8 Å². The van der Waals surface area contributed by atoms with Gasteiger partial charge in [0.2, 0.25) is 5.91 Å². The molecule has 3 rings (SSSR count). The normalized spacial score (nSPS) is 28.3. The minimum Gasteiger partial charge on any atom is -0.325 e. The van der Waals surface area contributed by atoms with E-state index in [1.54, 1.807) is 18.2 Å². The highest BCUT2D eigenvalue weighted by atomic mass is 16.2. The Balaban J connectivity index is 1.75. The third-order valence-electron chi connectivity index (χ3n) is 3.96. The maximum Gasteiger partial charge on any atom is 0.228 e. The first-order valence-corrected chi connectivity index (χ1v) is 6.31. The summed E-state index contributed by atoms with van der Waals surface area (Å²) in [5.41, 5.74) is 1.15. The van der Waals surface area contributed by atoms with Gasteiger partial charge in [-0.3, -0.25) is 9.59 Å². The quantitative estimate of drug-likeness (QED) is 0.653. The standard InChI is InChI=1S/C15H15NO2/c17-9-12-3-1-2-4-14(12)16-15(18)13-8-10-5-6-11(13)7-10/h1-6,9-11,13H,7-8H2,(H,16,18)/t10-,11+,13-/m0/s1. The largest absolute Gasteiger partial charge is 0.325 e. The summed E-state index contributed by atoms with van der Waals surface area (Å²) in [6.45, 7) is 0. The van der Waals surface area contributed by atoms with Gasteiger partial charge in [-0.05, 0) is 36.8 Å². The molecular formula is C15H15NO2. The minimum atomic E-state index is 0.0427. The van der Waals surface area contributed by atoms with Gasteiger partial charge in [0.1, 0.15) is 0 Å². The molecule has 2 aliphatic rings. The van der Waals surface area contributed by atoms with Crippen LogP contribution >= 0.6 is 0 Å². The van der Waals surface area contributed by atoms with Gasteiger partial charge >= 0.3 is 0 Å². The fourth-order valence-electron chi connectivity index (χ4n) is 3.02. The van der Waals surface area contributed by atoms with Crippen molar-refractivity contribution in [1.29, 1.82) is 0 Å². The third-order valence-corrected chi connectivity index (χ3v) is 3.96. The monoisotopic (exact) mass is 241 g/mol. The molecule has 1 N–H and O–H groups in total. The molecular weight excluding hydrogens is 226 g/mol. The van der Waals surface area contributed by atoms with Crippen LogP contribution in [0.4, 0.5) is 5.69 Å². The van der Waals surface area contributed by atoms with Gasteiger partial charge < -0.3 is 5.32 Å². The van der Waals surface area contributed by atoms with E-state index in [0.717, 1.165) is 19.1 Å². The van der Waals surface area contributed by atoms with Gasteiger partial charge in [0, 0.05) is 11.5 Å². The number of hydrogen-bond donors (Lipinski definition) is 1. The summed E-state index contributed by atoms with van der Waals surface area (Å²) in [5, 5.41) is 2.88. The van der Waals surface area contributed by atoms with E-state index in [9.17, 15) is 9.59 Å². The van der Waals surface area contributed by atoms with Crippen molar-refractivity contribution in [3.05, 3.63) is 42.0 Å². The Morgan fingerprint density at radius 3 is 2.72 bits per heavy atom. The first-order chi connectivity index (χ1) is 8.78. The van der Waals surface area contributed by atoms with Crippen molar-refractivity contribution in [2.75, 3.05) is 5.32 Å². The molecule has 0 saturated heterocycles. The van der Waals surface area contributed by atoms with E-state index in [1.165, 1.54) is 0 Å². The highest BCUT2D eigenvalue weighted by molar-refractivity contribution is 5.97. The fourth-order valence-corrected chi connectivity index (χ4v) is 3.02. The zero-order chi connectivity index (χ0) is 12.5. The molecule has 2 bridgehead atoms. The molecule has 0 radical (unpaired) electrons. The van der Waals surface area contributed by atoms with Crippen molar-refractivity contribution in [3.63, 3.8) is 0 Å². The summed E-state index contributed by atoms with van der Waals surface area (Å²) < 4.78 is 0. The van der Waals surface area contributed by atoms with Gasteiger partial charge in [0.25, 0.3) is 0 Å². The molecule has 0 heterocycles. The number of fused-ring (bicyclic) bond motifs is 2. The number of para-hydroxylation sites is 1. The van der Waals surface area contributed by atoms with Crippen molar-refractivity contribution in [2.24, 2.45) is 17.8 Å². The molecule has 1 aromatic carbocycles. The second-order valence-electron chi connectivity index (χ2n) is 5.08. The molecule has 0 aliphatic heterocycles. The van der Waals surface area contributed by atoms with E-state index < -0.39 is 0 Å². The SMILES string of the molecule is O=Cc1ccccc1NC(=O)[C@H]1C[C@H]2C=C[C@@H]1C2. The number of carbonyl (C=O) groups excluding carboxylic acids is 2. The lowest BCUT2D eigenvalue weighted by Gasteiger charge is -2.18. The summed E-state index contributed by atoms with van der Waals surface area (Å²) in [6.07, 6.45) is 7.19. The topological polar surface area (TPSA) is 46.2 Å². The van der Waals surface area contributed by atoms with Crippen molar-refractivity contribution >= 4 is 17.9 Å². The number of amides is 1. The van der Waals surface area contributed by atoms with Gasteiger partial charge in [-0.15, -0.1) is 0 Å². The lowest BCUT2D eigenvalue weighted by atomic mass is 9.92. The Morgan fingerprint density at radius 1 is 1.22 bits per heavy atom. The third kappa shape index (κ3) is 1.86. The molecule has 0 aromatic heterocycles. The zero-order valence-electron chi connectivity index (χ0n) is 10.0. The van der Waals surface area contributed by atoms with Crippen molar-refractivity contribution < 1.29 is 9.59 Å². The molecule has 0 unspecified atom stereocenters. The highest BCUT2D eigenvalue weighted by Gasteiger charge is 2.39. The smallest absolute Gasteiger partial charge is 0.228 e. The van der Waals surface area contributed by atoms with Crippen LogP contribution in [0.2, 0.25) is 0 Å². The van der Waals surface area contributed by atoms with Gasteiger partial charge in [-0.25, -0.2) is 0 Å². The maximum atomic E-state index is 12.2. The van der Waals surface area contributed by atoms with Gasteiger partial charge in [0.05, 0.1) is 5.69 Å². The molecule has 1 amide bonds. The molecule has 1 aromatic rings. The van der Waals surface area contributed by atoms with E-state index >= 15 is 0 Å². The van der Waals surface area contributed by atoms with Crippen LogP contribution in [0.15, 0.2) is 36.4 Å². The van der Waals surface area contributed by atoms with Gasteiger partial charge in [0.15, 0.2) is 6.29 Å². The lowest BCUT2D eigenvalue weighted by molar-refractivity contribution is -0.120. The molecule has 3 heteroatoms. The highest BCUT2D eigenvalue weighted by Crippen LogP contribution is 2.43. The average Bonchev–Trinajstić information content (AvgIpc) is 3.01. The lowest BCUT2D eigenvalue weighted by Crippen LogP contribution is -2.26. The number of anilines is 1. The van der Waals surface area contributed by atoms with E-state index in [1.807, 2.05) is 6.07 Å². The molecule has 1 fully saturated rings. The van der Waals surface area contributed by atoms with E-state index in [0.29, 0.717) is 23.1 Å². The fraction of sp³-hybridized carbons (Fsp3) is 0.333. The van der Waals surface area contributed by atoms with Crippen LogP contribution in [-0.4, -0.2) is 12.2 Å². The summed E-state index contributed by atoms with van der Waals surface area (Å²) in [4.78, 5) is 23.1. The predicted molar refractivity (Wildman–Crippen MR) is 69.3 cm³/mol. The van der Waals surface area contributed by atoms with Crippen LogP contribution in [0.1, 0.15) is 23.2 Å². The number of nitrogens with one attached hydrogen (secondary N) is 1. The number of benzene rings is 1. The molecule has 92 valence electrons. The Hall–Kier alpha value is -1.90. The van der Waals surface area contributed by atoms with Crippen molar-refractivity contribution in [1.82, 2.24) is 0 Å². The molecule has 2 aliphatic carbocycles. The number of rotatable bonds is 3. The van der Waals surface area contributed by atoms with E-state index in [4.69, 9.17) is 0 Å². The van der Waals surface area contributed by atoms with Crippen LogP contribution in [0.3, 0.4) is 0 Å². The maximum absolute atomic E-state index is 12.2. The Kier molecular flexibility index (Phi) is 2.74. The molecule has 3 atom stereocenters. The van der Waals surface area contributed by atoms with Crippen LogP contribution in [0, 0.1) is 17.8 Å². The molecule has 18 heavy (non-hydrogen) atoms. The van der Waals surface area contributed by atoms with Crippen molar-refractivity contribution in [2.45, 2.75) is 12.8 Å². The molecule has 0 spiro atoms. The average molecular weight is 241 g/mol. The Morgan fingerprint density at radius 2 is 2.06 bits per heavy atom. The van der Waals surface area contributed by atoms with Gasteiger partial charge in [-0.1, -0.05) is 24.3 Å². The summed E-state index contributed by atoms with van der Waals surface area (Å²) in [5.74, 6) is 1.08. The predicted octanol–water partition coefficient (Wildman–Crippen LogP) is 2.65. The van der Waals surface area contributed by atoms with Crippen LogP contribution < -0.4 is 5.32 Å². The first-order valence-electron chi connectivity index (χ1n) is 6.31. The van der Waals surface area contributed by atoms with Crippen LogP contribution in [-0.2, 0) is 4.79 Å². The molecule has 3 nitrogen and oxygen atoms in total. The second kappa shape index (κ2) is 4.41. The Bertz CT molecular complexity index is 521. The number of carbonyl (C=O) groups is 2. The Labute approximate surface area is 106 Å². The van der Waals surface area contributed by atoms with Crippen LogP contribution in [0.25, 0.3) is 0 Å². The minimum absolute atomic E-state index is 0.0427. The summed E-state index contributed by atoms with van der Waals surface area (Å²) in [6, 6.07) is 7.09. The summed E-state index contributed by atoms with van der Waals surface area (Å²) in [7, 11) is 0. The number of hydrogen-bond acceptors (Lipinski definition) is 2. The van der Waals surface area contributed by atoms with Crippen LogP contribution in [0.5, 0.6) is 0 Å².